The predicted octanol–water partition coefficient (Wildman–Crippen LogP) is -0.275. The van der Waals surface area contributed by atoms with Gasteiger partial charge < -0.3 is 9.64 Å². The van der Waals surface area contributed by atoms with Gasteiger partial charge in [0.1, 0.15) is 5.02 Å². The fourth-order valence-corrected chi connectivity index (χ4v) is 3.04. The van der Waals surface area contributed by atoms with Crippen LogP contribution in [0.15, 0.2) is 6.20 Å². The summed E-state index contributed by atoms with van der Waals surface area (Å²) < 4.78 is 32.0. The Morgan fingerprint density at radius 1 is 1.35 bits per heavy atom. The topological polar surface area (TPSA) is 87.7 Å². The van der Waals surface area contributed by atoms with E-state index in [2.05, 4.69) is 14.7 Å². The minimum absolute atomic E-state index is 0.231. The third kappa shape index (κ3) is 3.11. The molecule has 0 aliphatic carbocycles. The summed E-state index contributed by atoms with van der Waals surface area (Å²) in [5.41, 5.74) is 0. The van der Waals surface area contributed by atoms with E-state index in [1.165, 1.54) is 24.7 Å². The van der Waals surface area contributed by atoms with Crippen molar-refractivity contribution in [1.82, 2.24) is 19.0 Å². The molecule has 1 aromatic rings. The summed E-state index contributed by atoms with van der Waals surface area (Å²) in [5.74, 6) is 0.556. The highest BCUT2D eigenvalue weighted by molar-refractivity contribution is 7.87. The molecular formula is C10H16ClN5O3S. The molecule has 112 valence electrons. The fraction of sp³-hybridized carbons (Fsp3) is 0.600. The Balaban J connectivity index is 2.11. The van der Waals surface area contributed by atoms with Gasteiger partial charge in [-0.05, 0) is 0 Å². The van der Waals surface area contributed by atoms with Gasteiger partial charge in [-0.2, -0.15) is 17.7 Å². The number of anilines is 1. The molecule has 20 heavy (non-hydrogen) atoms. The first-order chi connectivity index (χ1) is 9.47. The standard InChI is InChI=1S/C10H16ClN5O3S/c1-12-20(17,18)16-5-3-15(4-6-16)9-8(11)7-13-10(14-9)19-2/h7,12H,3-6H2,1-2H3. The zero-order valence-electron chi connectivity index (χ0n) is 11.2. The van der Waals surface area contributed by atoms with Crippen LogP contribution in [0.25, 0.3) is 0 Å². The maximum absolute atomic E-state index is 11.7. The Hall–Kier alpha value is -1.16. The second-order valence-electron chi connectivity index (χ2n) is 4.12. The molecule has 1 N–H and O–H groups in total. The molecule has 0 amide bonds. The van der Waals surface area contributed by atoms with Gasteiger partial charge >= 0.3 is 6.01 Å². The molecule has 10 heteroatoms. The lowest BCUT2D eigenvalue weighted by Gasteiger charge is -2.34. The highest BCUT2D eigenvalue weighted by Crippen LogP contribution is 2.25. The summed E-state index contributed by atoms with van der Waals surface area (Å²) in [6.07, 6.45) is 1.47. The largest absolute Gasteiger partial charge is 0.467 e. The SMILES string of the molecule is CNS(=O)(=O)N1CCN(c2nc(OC)ncc2Cl)CC1. The third-order valence-electron chi connectivity index (χ3n) is 3.02. The number of nitrogens with one attached hydrogen (secondary N) is 1. The maximum atomic E-state index is 11.7. The number of hydrogen-bond donors (Lipinski definition) is 1. The highest BCUT2D eigenvalue weighted by Gasteiger charge is 2.27. The zero-order chi connectivity index (χ0) is 14.8. The molecule has 1 fully saturated rings. The van der Waals surface area contributed by atoms with Crippen LogP contribution in [-0.2, 0) is 10.2 Å². The highest BCUT2D eigenvalue weighted by atomic mass is 35.5. The van der Waals surface area contributed by atoms with Crippen molar-refractivity contribution in [3.8, 4) is 6.01 Å². The molecule has 2 rings (SSSR count). The van der Waals surface area contributed by atoms with Crippen LogP contribution in [0.4, 0.5) is 5.82 Å². The number of aromatic nitrogens is 2. The quantitative estimate of drug-likeness (QED) is 0.821. The van der Waals surface area contributed by atoms with Gasteiger partial charge in [0.2, 0.25) is 0 Å². The monoisotopic (exact) mass is 321 g/mol. The number of nitrogens with zero attached hydrogens (tertiary/aromatic N) is 4. The molecule has 8 nitrogen and oxygen atoms in total. The average Bonchev–Trinajstić information content (AvgIpc) is 2.48. The van der Waals surface area contributed by atoms with Crippen LogP contribution in [0.5, 0.6) is 6.01 Å². The van der Waals surface area contributed by atoms with Gasteiger partial charge in [0, 0.05) is 33.2 Å². The van der Waals surface area contributed by atoms with E-state index < -0.39 is 10.2 Å². The van der Waals surface area contributed by atoms with Gasteiger partial charge in [-0.1, -0.05) is 11.6 Å². The lowest BCUT2D eigenvalue weighted by atomic mass is 10.3. The molecule has 2 heterocycles. The smallest absolute Gasteiger partial charge is 0.318 e. The summed E-state index contributed by atoms with van der Waals surface area (Å²) in [6, 6.07) is 0.231. The minimum atomic E-state index is -3.38. The molecule has 0 bridgehead atoms. The van der Waals surface area contributed by atoms with E-state index in [9.17, 15) is 8.42 Å². The molecular weight excluding hydrogens is 306 g/mol. The van der Waals surface area contributed by atoms with E-state index in [0.717, 1.165) is 0 Å². The summed E-state index contributed by atoms with van der Waals surface area (Å²) in [7, 11) is -0.510. The number of rotatable bonds is 4. The predicted molar refractivity (Wildman–Crippen MR) is 75.4 cm³/mol. The molecule has 0 spiro atoms. The lowest BCUT2D eigenvalue weighted by Crippen LogP contribution is -2.51. The van der Waals surface area contributed by atoms with Gasteiger partial charge in [-0.3, -0.25) is 0 Å². The van der Waals surface area contributed by atoms with Gasteiger partial charge in [0.15, 0.2) is 5.82 Å². The van der Waals surface area contributed by atoms with Crippen LogP contribution >= 0.6 is 11.6 Å². The van der Waals surface area contributed by atoms with Crippen LogP contribution in [0.1, 0.15) is 0 Å². The second-order valence-corrected chi connectivity index (χ2v) is 6.41. The molecule has 0 unspecified atom stereocenters. The van der Waals surface area contributed by atoms with Gasteiger partial charge in [-0.15, -0.1) is 0 Å². The van der Waals surface area contributed by atoms with E-state index in [4.69, 9.17) is 16.3 Å². The van der Waals surface area contributed by atoms with E-state index in [1.54, 1.807) is 0 Å². The zero-order valence-corrected chi connectivity index (χ0v) is 12.8. The number of piperazine rings is 1. The van der Waals surface area contributed by atoms with Crippen LogP contribution in [0.3, 0.4) is 0 Å². The molecule has 0 radical (unpaired) electrons. The van der Waals surface area contributed by atoms with E-state index in [1.807, 2.05) is 4.90 Å². The first kappa shape index (κ1) is 15.2. The minimum Gasteiger partial charge on any atom is -0.467 e. The summed E-state index contributed by atoms with van der Waals surface area (Å²) >= 11 is 6.07. The van der Waals surface area contributed by atoms with Crippen LogP contribution < -0.4 is 14.4 Å². The van der Waals surface area contributed by atoms with E-state index in [-0.39, 0.29) is 6.01 Å². The Labute approximate surface area is 122 Å². The van der Waals surface area contributed by atoms with Crippen molar-refractivity contribution in [3.63, 3.8) is 0 Å². The summed E-state index contributed by atoms with van der Waals surface area (Å²) in [6.45, 7) is 1.74. The maximum Gasteiger partial charge on any atom is 0.318 e. The van der Waals surface area contributed by atoms with Crippen molar-refractivity contribution in [2.75, 3.05) is 45.2 Å². The van der Waals surface area contributed by atoms with Crippen molar-refractivity contribution in [2.24, 2.45) is 0 Å². The van der Waals surface area contributed by atoms with Crippen molar-refractivity contribution in [1.29, 1.82) is 0 Å². The van der Waals surface area contributed by atoms with Crippen LogP contribution in [0.2, 0.25) is 5.02 Å². The van der Waals surface area contributed by atoms with Crippen molar-refractivity contribution < 1.29 is 13.2 Å². The number of hydrogen-bond acceptors (Lipinski definition) is 6. The summed E-state index contributed by atoms with van der Waals surface area (Å²) in [4.78, 5) is 10.0. The number of methoxy groups -OCH3 is 1. The lowest BCUT2D eigenvalue weighted by molar-refractivity contribution is 0.370. The Kier molecular flexibility index (Phi) is 4.63. The van der Waals surface area contributed by atoms with Gasteiger partial charge in [0.25, 0.3) is 10.2 Å². The Morgan fingerprint density at radius 3 is 2.55 bits per heavy atom. The Bertz CT molecular complexity index is 574. The molecule has 1 aromatic heterocycles. The molecule has 1 aliphatic heterocycles. The van der Waals surface area contributed by atoms with Crippen LogP contribution in [-0.4, -0.2) is 63.0 Å². The van der Waals surface area contributed by atoms with Gasteiger partial charge in [0.05, 0.1) is 13.3 Å². The van der Waals surface area contributed by atoms with Crippen LogP contribution in [0, 0.1) is 0 Å². The number of ether oxygens (including phenoxy) is 1. The normalized spacial score (nSPS) is 17.2. The molecule has 1 saturated heterocycles. The second kappa shape index (κ2) is 6.08. The van der Waals surface area contributed by atoms with E-state index in [0.29, 0.717) is 37.0 Å². The van der Waals surface area contributed by atoms with Crippen molar-refractivity contribution in [3.05, 3.63) is 11.2 Å². The van der Waals surface area contributed by atoms with Crippen molar-refractivity contribution in [2.45, 2.75) is 0 Å². The average molecular weight is 322 g/mol. The number of halogens is 1. The van der Waals surface area contributed by atoms with Gasteiger partial charge in [-0.25, -0.2) is 9.71 Å². The van der Waals surface area contributed by atoms with Crippen molar-refractivity contribution >= 4 is 27.6 Å². The molecule has 0 saturated carbocycles. The summed E-state index contributed by atoms with van der Waals surface area (Å²) in [5, 5.41) is 0.413. The fourth-order valence-electron chi connectivity index (χ4n) is 1.93. The Morgan fingerprint density at radius 2 is 2.00 bits per heavy atom. The van der Waals surface area contributed by atoms with E-state index >= 15 is 0 Å². The third-order valence-corrected chi connectivity index (χ3v) is 4.85. The first-order valence-electron chi connectivity index (χ1n) is 5.98. The molecule has 1 aliphatic rings. The molecule has 0 aromatic carbocycles. The molecule has 0 atom stereocenters. The first-order valence-corrected chi connectivity index (χ1v) is 7.80.